The smallest absolute Gasteiger partial charge is 0.259 e. The first kappa shape index (κ1) is 17.3. The molecule has 2 aromatic rings. The van der Waals surface area contributed by atoms with E-state index in [1.165, 1.54) is 11.3 Å². The lowest BCUT2D eigenvalue weighted by Crippen LogP contribution is -2.44. The van der Waals surface area contributed by atoms with E-state index in [4.69, 9.17) is 4.74 Å². The number of rotatable bonds is 6. The Kier molecular flexibility index (Phi) is 5.44. The molecule has 0 spiro atoms. The van der Waals surface area contributed by atoms with Crippen LogP contribution in [0, 0.1) is 0 Å². The van der Waals surface area contributed by atoms with Crippen LogP contribution in [-0.4, -0.2) is 44.3 Å². The summed E-state index contributed by atoms with van der Waals surface area (Å²) >= 11 is 1.49. The fourth-order valence-corrected chi connectivity index (χ4v) is 4.89. The minimum Gasteiger partial charge on any atom is -0.364 e. The van der Waals surface area contributed by atoms with Gasteiger partial charge in [0.2, 0.25) is 10.0 Å². The Hall–Kier alpha value is -1.55. The first-order valence-corrected chi connectivity index (χ1v) is 10.1. The lowest BCUT2D eigenvalue weighted by atomic mass is 10.2. The minimum absolute atomic E-state index is 0.181. The summed E-state index contributed by atoms with van der Waals surface area (Å²) in [4.78, 5) is 16.2. The average molecular weight is 369 g/mol. The number of hydrogen-bond acceptors (Lipinski definition) is 7. The number of sulfonamides is 1. The minimum atomic E-state index is -3.63. The third-order valence-corrected chi connectivity index (χ3v) is 6.65. The summed E-state index contributed by atoms with van der Waals surface area (Å²) in [6.07, 6.45) is 1.02. The molecule has 0 unspecified atom stereocenters. The van der Waals surface area contributed by atoms with Crippen LogP contribution in [0.1, 0.15) is 17.8 Å². The van der Waals surface area contributed by atoms with Gasteiger partial charge in [0.25, 0.3) is 5.91 Å². The molecule has 0 aliphatic carbocycles. The maximum Gasteiger partial charge on any atom is 0.259 e. The second-order valence-electron chi connectivity index (χ2n) is 5.59. The van der Waals surface area contributed by atoms with Gasteiger partial charge < -0.3 is 10.1 Å². The number of benzene rings is 1. The number of carbonyl (C=O) groups is 1. The van der Waals surface area contributed by atoms with Crippen molar-refractivity contribution in [2.75, 3.05) is 19.7 Å². The van der Waals surface area contributed by atoms with E-state index in [-0.39, 0.29) is 13.2 Å². The number of nitrogens with zero attached hydrogens (tertiary/aromatic N) is 1. The van der Waals surface area contributed by atoms with E-state index in [1.807, 2.05) is 24.3 Å². The van der Waals surface area contributed by atoms with Crippen LogP contribution in [0.25, 0.3) is 10.2 Å². The second kappa shape index (κ2) is 7.56. The predicted octanol–water partition coefficient (Wildman–Crippen LogP) is 1.01. The normalized spacial score (nSPS) is 16.3. The quantitative estimate of drug-likeness (QED) is 0.789. The molecule has 1 saturated heterocycles. The summed E-state index contributed by atoms with van der Waals surface area (Å²) in [5.74, 6) is -0.644. The van der Waals surface area contributed by atoms with Gasteiger partial charge in [-0.2, -0.15) is 0 Å². The highest BCUT2D eigenvalue weighted by Crippen LogP contribution is 2.21. The monoisotopic (exact) mass is 369 g/mol. The van der Waals surface area contributed by atoms with E-state index in [1.54, 1.807) is 0 Å². The van der Waals surface area contributed by atoms with Crippen molar-refractivity contribution in [3.05, 3.63) is 29.3 Å². The highest BCUT2D eigenvalue weighted by Gasteiger charge is 2.28. The molecule has 0 atom stereocenters. The summed E-state index contributed by atoms with van der Waals surface area (Å²) < 4.78 is 32.7. The molecule has 1 fully saturated rings. The molecule has 130 valence electrons. The Morgan fingerprint density at radius 2 is 2.08 bits per heavy atom. The number of aromatic nitrogens is 1. The zero-order valence-corrected chi connectivity index (χ0v) is 14.7. The van der Waals surface area contributed by atoms with E-state index in [0.29, 0.717) is 25.9 Å². The third-order valence-electron chi connectivity index (χ3n) is 3.78. The number of para-hydroxylation sites is 1. The van der Waals surface area contributed by atoms with Crippen LogP contribution in [0.2, 0.25) is 0 Å². The maximum atomic E-state index is 12.1. The molecule has 1 aliphatic rings. The van der Waals surface area contributed by atoms with Crippen LogP contribution < -0.4 is 10.0 Å². The van der Waals surface area contributed by atoms with Crippen LogP contribution in [0.3, 0.4) is 0 Å². The molecule has 0 radical (unpaired) electrons. The summed E-state index contributed by atoms with van der Waals surface area (Å²) in [7, 11) is -3.63. The SMILES string of the molecule is O=C(COCc1nc2ccccc2s1)NS(=O)(=O)C1CCNCC1. The van der Waals surface area contributed by atoms with Crippen LogP contribution in [0.15, 0.2) is 24.3 Å². The Labute approximate surface area is 144 Å². The van der Waals surface area contributed by atoms with Crippen LogP contribution in [0.5, 0.6) is 0 Å². The predicted molar refractivity (Wildman–Crippen MR) is 92.2 cm³/mol. The van der Waals surface area contributed by atoms with Crippen molar-refractivity contribution in [3.63, 3.8) is 0 Å². The number of hydrogen-bond donors (Lipinski definition) is 2. The van der Waals surface area contributed by atoms with E-state index in [9.17, 15) is 13.2 Å². The van der Waals surface area contributed by atoms with Gasteiger partial charge in [0.05, 0.1) is 22.1 Å². The number of nitrogens with one attached hydrogen (secondary N) is 2. The van der Waals surface area contributed by atoms with Crippen molar-refractivity contribution >= 4 is 37.5 Å². The molecule has 0 bridgehead atoms. The lowest BCUT2D eigenvalue weighted by Gasteiger charge is -2.22. The largest absolute Gasteiger partial charge is 0.364 e. The molecule has 1 aromatic heterocycles. The van der Waals surface area contributed by atoms with Gasteiger partial charge in [0.1, 0.15) is 11.6 Å². The molecule has 1 aliphatic heterocycles. The van der Waals surface area contributed by atoms with E-state index in [2.05, 4.69) is 15.0 Å². The van der Waals surface area contributed by atoms with Crippen molar-refractivity contribution in [2.45, 2.75) is 24.7 Å². The molecule has 9 heteroatoms. The van der Waals surface area contributed by atoms with E-state index >= 15 is 0 Å². The number of amides is 1. The number of fused-ring (bicyclic) bond motifs is 1. The van der Waals surface area contributed by atoms with Crippen LogP contribution in [-0.2, 0) is 26.2 Å². The first-order chi connectivity index (χ1) is 11.5. The standard InChI is InChI=1S/C15H19N3O4S2/c19-14(18-24(20,21)11-5-7-16-8-6-11)9-22-10-15-17-12-3-1-2-4-13(12)23-15/h1-4,11,16H,5-10H2,(H,18,19). The average Bonchev–Trinajstić information content (AvgIpc) is 2.98. The van der Waals surface area contributed by atoms with Crippen molar-refractivity contribution in [1.29, 1.82) is 0 Å². The first-order valence-electron chi connectivity index (χ1n) is 7.72. The Balaban J connectivity index is 1.48. The molecule has 2 N–H and O–H groups in total. The molecule has 1 amide bonds. The molecule has 2 heterocycles. The fourth-order valence-electron chi connectivity index (χ4n) is 2.59. The van der Waals surface area contributed by atoms with Crippen molar-refractivity contribution < 1.29 is 17.9 Å². The van der Waals surface area contributed by atoms with Gasteiger partial charge in [-0.15, -0.1) is 11.3 Å². The molecule has 3 rings (SSSR count). The topological polar surface area (TPSA) is 97.4 Å². The van der Waals surface area contributed by atoms with Gasteiger partial charge >= 0.3 is 0 Å². The van der Waals surface area contributed by atoms with Crippen molar-refractivity contribution in [3.8, 4) is 0 Å². The summed E-state index contributed by atoms with van der Waals surface area (Å²) in [5, 5.41) is 3.33. The maximum absolute atomic E-state index is 12.1. The molecule has 1 aromatic carbocycles. The number of thiazole rings is 1. The zero-order chi connectivity index (χ0) is 17.0. The zero-order valence-electron chi connectivity index (χ0n) is 13.0. The van der Waals surface area contributed by atoms with Gasteiger partial charge in [-0.25, -0.2) is 13.4 Å². The van der Waals surface area contributed by atoms with Crippen LogP contribution >= 0.6 is 11.3 Å². The summed E-state index contributed by atoms with van der Waals surface area (Å²) in [6.45, 7) is 1.17. The number of carbonyl (C=O) groups excluding carboxylic acids is 1. The molecular weight excluding hydrogens is 350 g/mol. The summed E-state index contributed by atoms with van der Waals surface area (Å²) in [6, 6.07) is 7.72. The Bertz CT molecular complexity index is 780. The fraction of sp³-hybridized carbons (Fsp3) is 0.467. The number of piperidine rings is 1. The lowest BCUT2D eigenvalue weighted by molar-refractivity contribution is -0.124. The Morgan fingerprint density at radius 3 is 2.83 bits per heavy atom. The van der Waals surface area contributed by atoms with E-state index < -0.39 is 21.2 Å². The van der Waals surface area contributed by atoms with Crippen LogP contribution in [0.4, 0.5) is 0 Å². The van der Waals surface area contributed by atoms with Gasteiger partial charge in [0.15, 0.2) is 0 Å². The summed E-state index contributed by atoms with van der Waals surface area (Å²) in [5.41, 5.74) is 0.888. The molecule has 0 saturated carbocycles. The number of ether oxygens (including phenoxy) is 1. The Morgan fingerprint density at radius 1 is 1.33 bits per heavy atom. The molecular formula is C15H19N3O4S2. The highest BCUT2D eigenvalue weighted by molar-refractivity contribution is 7.90. The third kappa shape index (κ3) is 4.29. The van der Waals surface area contributed by atoms with Crippen molar-refractivity contribution in [2.24, 2.45) is 0 Å². The molecule has 7 nitrogen and oxygen atoms in total. The van der Waals surface area contributed by atoms with Gasteiger partial charge in [-0.3, -0.25) is 9.52 Å². The van der Waals surface area contributed by atoms with Gasteiger partial charge in [-0.05, 0) is 38.1 Å². The molecule has 24 heavy (non-hydrogen) atoms. The van der Waals surface area contributed by atoms with Crippen molar-refractivity contribution in [1.82, 2.24) is 15.0 Å². The van der Waals surface area contributed by atoms with Gasteiger partial charge in [-0.1, -0.05) is 12.1 Å². The van der Waals surface area contributed by atoms with E-state index in [0.717, 1.165) is 15.2 Å². The second-order valence-corrected chi connectivity index (χ2v) is 8.66. The highest BCUT2D eigenvalue weighted by atomic mass is 32.2. The van der Waals surface area contributed by atoms with Gasteiger partial charge in [0, 0.05) is 0 Å².